The molecule has 4 rings (SSSR count). The zero-order valence-electron chi connectivity index (χ0n) is 17.1. The van der Waals surface area contributed by atoms with Crippen LogP contribution in [0.1, 0.15) is 18.4 Å². The van der Waals surface area contributed by atoms with Crippen molar-refractivity contribution in [3.05, 3.63) is 42.0 Å². The van der Waals surface area contributed by atoms with Gasteiger partial charge in [-0.1, -0.05) is 17.7 Å². The molecule has 2 aromatic carbocycles. The Hall–Kier alpha value is -2.39. The molecule has 0 aromatic heterocycles. The van der Waals surface area contributed by atoms with Crippen molar-refractivity contribution in [3.63, 3.8) is 0 Å². The van der Waals surface area contributed by atoms with Crippen LogP contribution in [0.5, 0.6) is 11.5 Å². The van der Waals surface area contributed by atoms with Crippen molar-refractivity contribution in [1.82, 2.24) is 4.90 Å². The third-order valence-corrected chi connectivity index (χ3v) is 8.39. The first-order valence-electron chi connectivity index (χ1n) is 9.66. The van der Waals surface area contributed by atoms with Gasteiger partial charge in [-0.3, -0.25) is 4.79 Å². The van der Waals surface area contributed by atoms with Crippen molar-refractivity contribution >= 4 is 33.4 Å². The maximum absolute atomic E-state index is 13.8. The second kappa shape index (κ2) is 8.03. The van der Waals surface area contributed by atoms with E-state index in [0.717, 1.165) is 16.9 Å². The van der Waals surface area contributed by atoms with Gasteiger partial charge in [0.25, 0.3) is 10.0 Å². The largest absolute Gasteiger partial charge is 0.497 e. The van der Waals surface area contributed by atoms with E-state index in [2.05, 4.69) is 0 Å². The van der Waals surface area contributed by atoms with E-state index in [1.54, 1.807) is 48.4 Å². The number of anilines is 1. The molecule has 1 unspecified atom stereocenters. The summed E-state index contributed by atoms with van der Waals surface area (Å²) in [6.45, 7) is 2.45. The van der Waals surface area contributed by atoms with E-state index in [1.165, 1.54) is 23.2 Å². The van der Waals surface area contributed by atoms with Crippen LogP contribution in [-0.4, -0.2) is 51.9 Å². The predicted octanol–water partition coefficient (Wildman–Crippen LogP) is 3.26. The van der Waals surface area contributed by atoms with Gasteiger partial charge in [0.05, 0.1) is 29.7 Å². The van der Waals surface area contributed by atoms with Crippen molar-refractivity contribution in [1.29, 1.82) is 0 Å². The Balaban J connectivity index is 1.92. The molecule has 30 heavy (non-hydrogen) atoms. The third kappa shape index (κ3) is 3.50. The molecule has 0 saturated carbocycles. The summed E-state index contributed by atoms with van der Waals surface area (Å²) in [6.07, 6.45) is 0.557. The Labute approximate surface area is 181 Å². The van der Waals surface area contributed by atoms with Crippen molar-refractivity contribution in [2.24, 2.45) is 0 Å². The summed E-state index contributed by atoms with van der Waals surface area (Å²) in [5.74, 6) is 1.43. The fourth-order valence-electron chi connectivity index (χ4n) is 3.84. The predicted molar refractivity (Wildman–Crippen MR) is 116 cm³/mol. The number of carbonyl (C=O) groups excluding carboxylic acids is 1. The quantitative estimate of drug-likeness (QED) is 0.699. The zero-order valence-corrected chi connectivity index (χ0v) is 18.8. The van der Waals surface area contributed by atoms with Crippen LogP contribution >= 0.6 is 11.8 Å². The fourth-order valence-corrected chi connectivity index (χ4v) is 6.85. The number of ether oxygens (including phenoxy) is 2. The fraction of sp³-hybridized carbons (Fsp3) is 0.381. The molecule has 0 N–H and O–H groups in total. The number of likely N-dealkylation sites (tertiary alicyclic amines) is 1. The average molecular weight is 449 g/mol. The van der Waals surface area contributed by atoms with E-state index in [0.29, 0.717) is 35.9 Å². The van der Waals surface area contributed by atoms with E-state index in [9.17, 15) is 13.2 Å². The van der Waals surface area contributed by atoms with Gasteiger partial charge in [0, 0.05) is 30.9 Å². The molecule has 160 valence electrons. The molecule has 9 heteroatoms. The number of hydrogen-bond acceptors (Lipinski definition) is 6. The summed E-state index contributed by atoms with van der Waals surface area (Å²) in [6, 6.07) is 10.2. The minimum absolute atomic E-state index is 0.0250. The Kier molecular flexibility index (Phi) is 5.59. The summed E-state index contributed by atoms with van der Waals surface area (Å²) in [5, 5.41) is 0. The molecule has 7 nitrogen and oxygen atoms in total. The molecule has 1 saturated heterocycles. The van der Waals surface area contributed by atoms with Crippen LogP contribution in [0, 0.1) is 6.92 Å². The van der Waals surface area contributed by atoms with Crippen LogP contribution in [0.2, 0.25) is 0 Å². The summed E-state index contributed by atoms with van der Waals surface area (Å²) in [5.41, 5.74) is 1.44. The smallest absolute Gasteiger partial charge is 0.266 e. The number of amides is 1. The van der Waals surface area contributed by atoms with Crippen molar-refractivity contribution in [2.75, 3.05) is 30.8 Å². The number of benzene rings is 2. The van der Waals surface area contributed by atoms with Gasteiger partial charge in [0.2, 0.25) is 5.91 Å². The van der Waals surface area contributed by atoms with E-state index in [1.807, 2.05) is 6.92 Å². The number of thioether (sulfide) groups is 1. The van der Waals surface area contributed by atoms with Crippen LogP contribution in [0.25, 0.3) is 0 Å². The number of fused-ring (bicyclic) bond motifs is 1. The first-order chi connectivity index (χ1) is 14.4. The second-order valence-electron chi connectivity index (χ2n) is 7.27. The number of aryl methyl sites for hydroxylation is 1. The van der Waals surface area contributed by atoms with E-state index in [-0.39, 0.29) is 10.8 Å². The number of nitrogens with zero attached hydrogens (tertiary/aromatic N) is 2. The molecule has 2 aromatic rings. The molecule has 0 radical (unpaired) electrons. The summed E-state index contributed by atoms with van der Waals surface area (Å²) >= 11 is 1.49. The van der Waals surface area contributed by atoms with Gasteiger partial charge in [0.15, 0.2) is 0 Å². The van der Waals surface area contributed by atoms with Gasteiger partial charge in [-0.2, -0.15) is 0 Å². The van der Waals surface area contributed by atoms with Gasteiger partial charge in [-0.25, -0.2) is 12.7 Å². The molecule has 1 atom stereocenters. The summed E-state index contributed by atoms with van der Waals surface area (Å²) in [7, 11) is -0.866. The van der Waals surface area contributed by atoms with Gasteiger partial charge in [-0.05, 0) is 25.5 Å². The lowest BCUT2D eigenvalue weighted by atomic mass is 10.2. The highest BCUT2D eigenvalue weighted by Crippen LogP contribution is 2.48. The highest BCUT2D eigenvalue weighted by Gasteiger charge is 2.43. The van der Waals surface area contributed by atoms with Crippen molar-refractivity contribution in [2.45, 2.75) is 35.7 Å². The first kappa shape index (κ1) is 20.9. The minimum Gasteiger partial charge on any atom is -0.497 e. The van der Waals surface area contributed by atoms with Crippen LogP contribution in [0.15, 0.2) is 46.2 Å². The lowest BCUT2D eigenvalue weighted by Gasteiger charge is -2.42. The Morgan fingerprint density at radius 1 is 1.10 bits per heavy atom. The van der Waals surface area contributed by atoms with E-state index >= 15 is 0 Å². The van der Waals surface area contributed by atoms with Gasteiger partial charge < -0.3 is 14.4 Å². The molecular formula is C21H24N2O5S2. The van der Waals surface area contributed by atoms with Crippen molar-refractivity contribution < 1.29 is 22.7 Å². The lowest BCUT2D eigenvalue weighted by molar-refractivity contribution is -0.129. The monoisotopic (exact) mass is 448 g/mol. The molecule has 1 fully saturated rings. The zero-order chi connectivity index (χ0) is 21.5. The third-order valence-electron chi connectivity index (χ3n) is 5.40. The summed E-state index contributed by atoms with van der Waals surface area (Å²) < 4.78 is 39.9. The van der Waals surface area contributed by atoms with Gasteiger partial charge >= 0.3 is 0 Å². The maximum Gasteiger partial charge on any atom is 0.266 e. The number of rotatable bonds is 5. The van der Waals surface area contributed by atoms with Gasteiger partial charge in [-0.15, -0.1) is 11.8 Å². The Morgan fingerprint density at radius 3 is 2.43 bits per heavy atom. The first-order valence-corrected chi connectivity index (χ1v) is 12.1. The van der Waals surface area contributed by atoms with E-state index < -0.39 is 16.2 Å². The molecule has 0 aliphatic carbocycles. The standard InChI is InChI=1S/C21H24N2O5S2/c1-14-6-8-16(9-7-14)30(25,26)23-17-11-15(27-2)12-18(28-3)21(17)29-13-19(23)22-10-4-5-20(22)24/h6-9,11-12,19H,4-5,10,13H2,1-3H3. The lowest BCUT2D eigenvalue weighted by Crippen LogP contribution is -2.54. The molecule has 0 bridgehead atoms. The second-order valence-corrected chi connectivity index (χ2v) is 10.1. The maximum atomic E-state index is 13.8. The topological polar surface area (TPSA) is 76.2 Å². The van der Waals surface area contributed by atoms with Crippen molar-refractivity contribution in [3.8, 4) is 11.5 Å². The highest BCUT2D eigenvalue weighted by atomic mass is 32.2. The molecule has 2 aliphatic heterocycles. The Morgan fingerprint density at radius 2 is 1.83 bits per heavy atom. The molecule has 2 heterocycles. The minimum atomic E-state index is -3.94. The number of sulfonamides is 1. The molecule has 0 spiro atoms. The van der Waals surface area contributed by atoms with E-state index in [4.69, 9.17) is 9.47 Å². The highest BCUT2D eigenvalue weighted by molar-refractivity contribution is 8.00. The Bertz CT molecular complexity index is 1070. The normalized spacial score (nSPS) is 19.0. The SMILES string of the molecule is COc1cc(OC)c2c(c1)N(S(=O)(=O)c1ccc(C)cc1)C(N1CCCC1=O)CS2. The molecular weight excluding hydrogens is 424 g/mol. The number of carbonyl (C=O) groups is 1. The number of methoxy groups -OCH3 is 2. The number of hydrogen-bond donors (Lipinski definition) is 0. The molecule has 2 aliphatic rings. The molecule has 1 amide bonds. The van der Waals surface area contributed by atoms with Crippen LogP contribution in [0.3, 0.4) is 0 Å². The average Bonchev–Trinajstić information content (AvgIpc) is 3.17. The van der Waals surface area contributed by atoms with Crippen LogP contribution < -0.4 is 13.8 Å². The van der Waals surface area contributed by atoms with Gasteiger partial charge in [0.1, 0.15) is 17.7 Å². The summed E-state index contributed by atoms with van der Waals surface area (Å²) in [4.78, 5) is 15.1. The van der Waals surface area contributed by atoms with Crippen LogP contribution in [0.4, 0.5) is 5.69 Å². The van der Waals surface area contributed by atoms with Crippen LogP contribution in [-0.2, 0) is 14.8 Å².